The first-order valence-corrected chi connectivity index (χ1v) is 9.36. The van der Waals surface area contributed by atoms with Crippen LogP contribution >= 0.6 is 0 Å². The Morgan fingerprint density at radius 1 is 1.28 bits per heavy atom. The van der Waals surface area contributed by atoms with Crippen LogP contribution in [0.1, 0.15) is 55.5 Å². The van der Waals surface area contributed by atoms with Crippen LogP contribution in [0.5, 0.6) is 0 Å². The highest BCUT2D eigenvalue weighted by atomic mass is 16.2. The second-order valence-electron chi connectivity index (χ2n) is 7.84. The van der Waals surface area contributed by atoms with Crippen molar-refractivity contribution < 1.29 is 9.59 Å². The van der Waals surface area contributed by atoms with Crippen molar-refractivity contribution >= 4 is 17.5 Å². The van der Waals surface area contributed by atoms with E-state index in [1.807, 2.05) is 32.9 Å². The molecule has 136 valence electrons. The van der Waals surface area contributed by atoms with Crippen LogP contribution in [0, 0.1) is 18.3 Å². The average Bonchev–Trinajstić information content (AvgIpc) is 3.01. The van der Waals surface area contributed by atoms with Crippen LogP contribution in [-0.2, 0) is 4.79 Å². The summed E-state index contributed by atoms with van der Waals surface area (Å²) in [7, 11) is 0. The van der Waals surface area contributed by atoms with Gasteiger partial charge in [-0.3, -0.25) is 9.59 Å². The Hall–Kier alpha value is -1.88. The number of anilines is 1. The van der Waals surface area contributed by atoms with Crippen LogP contribution in [-0.4, -0.2) is 30.9 Å². The molecular formula is C20H29N3O2. The van der Waals surface area contributed by atoms with Gasteiger partial charge < -0.3 is 16.0 Å². The molecule has 0 radical (unpaired) electrons. The van der Waals surface area contributed by atoms with Crippen molar-refractivity contribution in [3.8, 4) is 0 Å². The molecule has 2 aliphatic rings. The number of carbonyl (C=O) groups excluding carboxylic acids is 2. The summed E-state index contributed by atoms with van der Waals surface area (Å²) in [5.74, 6) is 0.427. The molecule has 25 heavy (non-hydrogen) atoms. The maximum absolute atomic E-state index is 13.1. The molecule has 1 aromatic rings. The van der Waals surface area contributed by atoms with Crippen LogP contribution in [0.15, 0.2) is 18.2 Å². The van der Waals surface area contributed by atoms with Gasteiger partial charge in [0.25, 0.3) is 5.91 Å². The molecule has 0 aromatic heterocycles. The topological polar surface area (TPSA) is 70.2 Å². The van der Waals surface area contributed by atoms with Crippen LogP contribution in [0.25, 0.3) is 0 Å². The summed E-state index contributed by atoms with van der Waals surface area (Å²) in [4.78, 5) is 25.4. The summed E-state index contributed by atoms with van der Waals surface area (Å²) in [5, 5.41) is 9.42. The minimum Gasteiger partial charge on any atom is -0.350 e. The molecule has 2 atom stereocenters. The largest absolute Gasteiger partial charge is 0.350 e. The summed E-state index contributed by atoms with van der Waals surface area (Å²) in [5.41, 5.74) is 1.94. The van der Waals surface area contributed by atoms with Crippen LogP contribution in [0.2, 0.25) is 0 Å². The number of benzene rings is 1. The highest BCUT2D eigenvalue weighted by Crippen LogP contribution is 2.44. The molecule has 1 saturated carbocycles. The predicted octanol–water partition coefficient (Wildman–Crippen LogP) is 2.85. The van der Waals surface area contributed by atoms with Crippen molar-refractivity contribution in [1.29, 1.82) is 0 Å². The molecule has 1 saturated heterocycles. The predicted molar refractivity (Wildman–Crippen MR) is 99.7 cm³/mol. The highest BCUT2D eigenvalue weighted by Gasteiger charge is 2.49. The van der Waals surface area contributed by atoms with Crippen molar-refractivity contribution in [2.24, 2.45) is 11.3 Å². The molecule has 5 nitrogen and oxygen atoms in total. The Morgan fingerprint density at radius 3 is 2.84 bits per heavy atom. The summed E-state index contributed by atoms with van der Waals surface area (Å²) >= 11 is 0. The lowest BCUT2D eigenvalue weighted by atomic mass is 9.67. The number of rotatable bonds is 4. The van der Waals surface area contributed by atoms with Gasteiger partial charge in [-0.1, -0.05) is 18.9 Å². The maximum Gasteiger partial charge on any atom is 0.251 e. The van der Waals surface area contributed by atoms with Gasteiger partial charge >= 0.3 is 0 Å². The summed E-state index contributed by atoms with van der Waals surface area (Å²) in [6.07, 6.45) is 4.40. The van der Waals surface area contributed by atoms with Crippen molar-refractivity contribution in [2.75, 3.05) is 18.4 Å². The third kappa shape index (κ3) is 3.56. The number of hydrogen-bond acceptors (Lipinski definition) is 3. The molecule has 5 heteroatoms. The van der Waals surface area contributed by atoms with Crippen LogP contribution < -0.4 is 16.0 Å². The summed E-state index contributed by atoms with van der Waals surface area (Å²) in [6, 6.07) is 5.66. The van der Waals surface area contributed by atoms with Crippen LogP contribution in [0.3, 0.4) is 0 Å². The smallest absolute Gasteiger partial charge is 0.251 e. The highest BCUT2D eigenvalue weighted by molar-refractivity contribution is 6.00. The van der Waals surface area contributed by atoms with E-state index < -0.39 is 0 Å². The average molecular weight is 343 g/mol. The third-order valence-corrected chi connectivity index (χ3v) is 5.65. The first-order chi connectivity index (χ1) is 11.9. The lowest BCUT2D eigenvalue weighted by Crippen LogP contribution is -2.44. The minimum absolute atomic E-state index is 0.0802. The molecule has 1 heterocycles. The Kier molecular flexibility index (Phi) is 5.13. The van der Waals surface area contributed by atoms with Gasteiger partial charge in [-0.2, -0.15) is 0 Å². The van der Waals surface area contributed by atoms with Gasteiger partial charge in [0.05, 0.1) is 5.41 Å². The summed E-state index contributed by atoms with van der Waals surface area (Å²) < 4.78 is 0. The molecular weight excluding hydrogens is 314 g/mol. The van der Waals surface area contributed by atoms with Crippen molar-refractivity contribution in [3.05, 3.63) is 29.3 Å². The van der Waals surface area contributed by atoms with E-state index in [2.05, 4.69) is 16.0 Å². The van der Waals surface area contributed by atoms with E-state index in [9.17, 15) is 9.59 Å². The van der Waals surface area contributed by atoms with E-state index in [1.165, 1.54) is 6.42 Å². The van der Waals surface area contributed by atoms with E-state index in [4.69, 9.17) is 0 Å². The second kappa shape index (κ2) is 7.16. The molecule has 0 spiro atoms. The zero-order valence-corrected chi connectivity index (χ0v) is 15.4. The number of fused-ring (bicyclic) bond motifs is 1. The fourth-order valence-electron chi connectivity index (χ4n) is 4.23. The quantitative estimate of drug-likeness (QED) is 0.787. The number of amides is 2. The zero-order chi connectivity index (χ0) is 18.0. The molecule has 1 aliphatic heterocycles. The Balaban J connectivity index is 1.78. The Labute approximate surface area is 150 Å². The molecule has 0 bridgehead atoms. The number of aryl methyl sites for hydroxylation is 1. The first kappa shape index (κ1) is 17.9. The normalized spacial score (nSPS) is 25.5. The molecule has 3 rings (SSSR count). The standard InChI is InChI=1S/C20H29N3O2/c1-13(2)22-18(24)17-10-16(8-7-14(17)3)23-19(25)20-9-5-4-6-15(20)11-21-12-20/h7-8,10,13,15,21H,4-6,9,11-12H2,1-3H3,(H,22,24)(H,23,25)/t15-,20+/m0/s1. The van der Waals surface area contributed by atoms with Crippen molar-refractivity contribution in [2.45, 2.75) is 52.5 Å². The molecule has 1 aliphatic carbocycles. The SMILES string of the molecule is Cc1ccc(NC(=O)[C@@]23CCCC[C@H]2CNC3)cc1C(=O)NC(C)C. The fourth-order valence-corrected chi connectivity index (χ4v) is 4.23. The van der Waals surface area contributed by atoms with Gasteiger partial charge in [-0.15, -0.1) is 0 Å². The molecule has 2 amide bonds. The van der Waals surface area contributed by atoms with Crippen LogP contribution in [0.4, 0.5) is 5.69 Å². The summed E-state index contributed by atoms with van der Waals surface area (Å²) in [6.45, 7) is 7.49. The fraction of sp³-hybridized carbons (Fsp3) is 0.600. The Morgan fingerprint density at radius 2 is 2.08 bits per heavy atom. The van der Waals surface area contributed by atoms with E-state index in [1.54, 1.807) is 6.07 Å². The number of carbonyl (C=O) groups is 2. The maximum atomic E-state index is 13.1. The lowest BCUT2D eigenvalue weighted by Gasteiger charge is -2.37. The van der Waals surface area contributed by atoms with E-state index in [0.29, 0.717) is 17.2 Å². The molecule has 1 aromatic carbocycles. The molecule has 2 fully saturated rings. The second-order valence-corrected chi connectivity index (χ2v) is 7.84. The zero-order valence-electron chi connectivity index (χ0n) is 15.4. The van der Waals surface area contributed by atoms with Gasteiger partial charge in [0.2, 0.25) is 5.91 Å². The Bertz CT molecular complexity index is 671. The van der Waals surface area contributed by atoms with Gasteiger partial charge in [0.1, 0.15) is 0 Å². The third-order valence-electron chi connectivity index (χ3n) is 5.65. The van der Waals surface area contributed by atoms with Gasteiger partial charge in [0.15, 0.2) is 0 Å². The monoisotopic (exact) mass is 343 g/mol. The number of hydrogen-bond donors (Lipinski definition) is 3. The van der Waals surface area contributed by atoms with E-state index in [-0.39, 0.29) is 23.3 Å². The van der Waals surface area contributed by atoms with Gasteiger partial charge in [-0.05, 0) is 63.8 Å². The minimum atomic E-state index is -0.288. The van der Waals surface area contributed by atoms with Gasteiger partial charge in [0, 0.05) is 23.8 Å². The molecule has 3 N–H and O–H groups in total. The van der Waals surface area contributed by atoms with E-state index in [0.717, 1.165) is 37.9 Å². The molecule has 0 unspecified atom stereocenters. The van der Waals surface area contributed by atoms with Crippen molar-refractivity contribution in [3.63, 3.8) is 0 Å². The van der Waals surface area contributed by atoms with Crippen molar-refractivity contribution in [1.82, 2.24) is 10.6 Å². The lowest BCUT2D eigenvalue weighted by molar-refractivity contribution is -0.128. The van der Waals surface area contributed by atoms with E-state index >= 15 is 0 Å². The number of nitrogens with one attached hydrogen (secondary N) is 3. The first-order valence-electron chi connectivity index (χ1n) is 9.36. The van der Waals surface area contributed by atoms with Gasteiger partial charge in [-0.25, -0.2) is 0 Å².